The Labute approximate surface area is 180 Å². The van der Waals surface area contributed by atoms with E-state index in [1.807, 2.05) is 20.8 Å². The standard InChI is InChI=1S/C24H27FN4O2/c1-15(2)29-24(31)20-9-5-4-8-19(20)22(27-29)23(30)26-18-7-6-12-28(14-18)21-11-10-17(25)13-16(21)3/h4-5,8-11,13,15,18H,6-7,12,14H2,1-3H3,(H,26,30). The lowest BCUT2D eigenvalue weighted by molar-refractivity contribution is 0.0927. The van der Waals surface area contributed by atoms with Gasteiger partial charge >= 0.3 is 0 Å². The maximum atomic E-state index is 13.5. The minimum absolute atomic E-state index is 0.0642. The summed E-state index contributed by atoms with van der Waals surface area (Å²) in [5.41, 5.74) is 1.93. The molecule has 0 radical (unpaired) electrons. The fourth-order valence-electron chi connectivity index (χ4n) is 4.27. The van der Waals surface area contributed by atoms with Crippen LogP contribution in [0.15, 0.2) is 47.3 Å². The second-order valence-corrected chi connectivity index (χ2v) is 8.43. The summed E-state index contributed by atoms with van der Waals surface area (Å²) in [6.07, 6.45) is 1.77. The third kappa shape index (κ3) is 4.17. The summed E-state index contributed by atoms with van der Waals surface area (Å²) >= 11 is 0. The summed E-state index contributed by atoms with van der Waals surface area (Å²) in [7, 11) is 0. The Hall–Kier alpha value is -3.22. The second-order valence-electron chi connectivity index (χ2n) is 8.43. The molecule has 0 bridgehead atoms. The lowest BCUT2D eigenvalue weighted by Crippen LogP contribution is -2.48. The third-order valence-corrected chi connectivity index (χ3v) is 5.79. The van der Waals surface area contributed by atoms with Crippen molar-refractivity contribution in [2.75, 3.05) is 18.0 Å². The van der Waals surface area contributed by atoms with Gasteiger partial charge in [0.1, 0.15) is 5.82 Å². The molecule has 2 aromatic carbocycles. The third-order valence-electron chi connectivity index (χ3n) is 5.79. The van der Waals surface area contributed by atoms with E-state index in [2.05, 4.69) is 15.3 Å². The van der Waals surface area contributed by atoms with E-state index < -0.39 is 0 Å². The van der Waals surface area contributed by atoms with Gasteiger partial charge in [0.2, 0.25) is 0 Å². The zero-order valence-corrected chi connectivity index (χ0v) is 18.1. The normalized spacial score (nSPS) is 16.7. The van der Waals surface area contributed by atoms with Crippen LogP contribution in [0.2, 0.25) is 0 Å². The number of nitrogens with one attached hydrogen (secondary N) is 1. The van der Waals surface area contributed by atoms with Gasteiger partial charge in [-0.1, -0.05) is 18.2 Å². The van der Waals surface area contributed by atoms with Crippen LogP contribution < -0.4 is 15.8 Å². The SMILES string of the molecule is Cc1cc(F)ccc1N1CCCC(NC(=O)c2nn(C(C)C)c(=O)c3ccccc23)C1. The summed E-state index contributed by atoms with van der Waals surface area (Å²) in [6, 6.07) is 11.7. The van der Waals surface area contributed by atoms with Crippen LogP contribution in [0.4, 0.5) is 10.1 Å². The smallest absolute Gasteiger partial charge is 0.274 e. The molecule has 1 unspecified atom stereocenters. The number of rotatable bonds is 4. The van der Waals surface area contributed by atoms with Crippen LogP contribution in [0.3, 0.4) is 0 Å². The molecular formula is C24H27FN4O2. The molecule has 1 aromatic heterocycles. The van der Waals surface area contributed by atoms with E-state index in [0.717, 1.165) is 30.6 Å². The number of nitrogens with zero attached hydrogens (tertiary/aromatic N) is 3. The first-order chi connectivity index (χ1) is 14.8. The van der Waals surface area contributed by atoms with Gasteiger partial charge in [-0.25, -0.2) is 9.07 Å². The lowest BCUT2D eigenvalue weighted by Gasteiger charge is -2.35. The molecule has 1 saturated heterocycles. The van der Waals surface area contributed by atoms with Crippen molar-refractivity contribution in [2.45, 2.75) is 45.7 Å². The van der Waals surface area contributed by atoms with Gasteiger partial charge < -0.3 is 10.2 Å². The Morgan fingerprint density at radius 1 is 1.19 bits per heavy atom. The minimum atomic E-state index is -0.284. The van der Waals surface area contributed by atoms with Crippen LogP contribution in [-0.4, -0.2) is 34.8 Å². The molecule has 4 rings (SSSR count). The van der Waals surface area contributed by atoms with Crippen molar-refractivity contribution in [1.82, 2.24) is 15.1 Å². The largest absolute Gasteiger partial charge is 0.369 e. The number of halogens is 1. The van der Waals surface area contributed by atoms with Crippen molar-refractivity contribution in [3.05, 3.63) is 69.9 Å². The first-order valence-corrected chi connectivity index (χ1v) is 10.7. The van der Waals surface area contributed by atoms with E-state index in [9.17, 15) is 14.0 Å². The van der Waals surface area contributed by atoms with Crippen LogP contribution in [0.5, 0.6) is 0 Å². The Morgan fingerprint density at radius 3 is 2.65 bits per heavy atom. The predicted octanol–water partition coefficient (Wildman–Crippen LogP) is 3.82. The molecule has 1 N–H and O–H groups in total. The number of carbonyl (C=O) groups excluding carboxylic acids is 1. The number of anilines is 1. The summed E-state index contributed by atoms with van der Waals surface area (Å²) < 4.78 is 14.9. The van der Waals surface area contributed by atoms with Crippen LogP contribution in [0.25, 0.3) is 10.8 Å². The maximum absolute atomic E-state index is 13.5. The Balaban J connectivity index is 1.60. The molecule has 1 aliphatic rings. The minimum Gasteiger partial charge on any atom is -0.369 e. The predicted molar refractivity (Wildman–Crippen MR) is 120 cm³/mol. The lowest BCUT2D eigenvalue weighted by atomic mass is 10.0. The summed E-state index contributed by atoms with van der Waals surface area (Å²) in [5.74, 6) is -0.533. The monoisotopic (exact) mass is 422 g/mol. The Kier molecular flexibility index (Phi) is 5.76. The highest BCUT2D eigenvalue weighted by Crippen LogP contribution is 2.25. The Morgan fingerprint density at radius 2 is 1.94 bits per heavy atom. The molecule has 162 valence electrons. The zero-order chi connectivity index (χ0) is 22.1. The van der Waals surface area contributed by atoms with Gasteiger partial charge in [0.05, 0.1) is 11.4 Å². The number of piperidine rings is 1. The van der Waals surface area contributed by atoms with Gasteiger partial charge in [0, 0.05) is 30.2 Å². The van der Waals surface area contributed by atoms with Crippen molar-refractivity contribution < 1.29 is 9.18 Å². The molecule has 1 aliphatic heterocycles. The molecule has 1 fully saturated rings. The molecule has 0 spiro atoms. The molecule has 1 amide bonds. The molecule has 3 aromatic rings. The van der Waals surface area contributed by atoms with Gasteiger partial charge in [-0.3, -0.25) is 9.59 Å². The number of hydrogen-bond acceptors (Lipinski definition) is 4. The maximum Gasteiger partial charge on any atom is 0.274 e. The second kappa shape index (κ2) is 8.49. The molecule has 6 nitrogen and oxygen atoms in total. The van der Waals surface area contributed by atoms with Crippen molar-refractivity contribution in [3.8, 4) is 0 Å². The van der Waals surface area contributed by atoms with E-state index >= 15 is 0 Å². The quantitative estimate of drug-likeness (QED) is 0.694. The number of carbonyl (C=O) groups is 1. The highest BCUT2D eigenvalue weighted by Gasteiger charge is 2.25. The fourth-order valence-corrected chi connectivity index (χ4v) is 4.27. The number of benzene rings is 2. The summed E-state index contributed by atoms with van der Waals surface area (Å²) in [4.78, 5) is 28.1. The Bertz CT molecular complexity index is 1190. The van der Waals surface area contributed by atoms with Crippen molar-refractivity contribution in [3.63, 3.8) is 0 Å². The van der Waals surface area contributed by atoms with Crippen LogP contribution in [0, 0.1) is 12.7 Å². The van der Waals surface area contributed by atoms with Gasteiger partial charge in [0.25, 0.3) is 11.5 Å². The zero-order valence-electron chi connectivity index (χ0n) is 18.1. The first-order valence-electron chi connectivity index (χ1n) is 10.7. The number of aromatic nitrogens is 2. The molecule has 7 heteroatoms. The average Bonchev–Trinajstić information content (AvgIpc) is 2.74. The van der Waals surface area contributed by atoms with E-state index in [1.165, 1.54) is 16.8 Å². The van der Waals surface area contributed by atoms with Gasteiger partial charge in [0.15, 0.2) is 5.69 Å². The van der Waals surface area contributed by atoms with Crippen LogP contribution in [0.1, 0.15) is 48.8 Å². The highest BCUT2D eigenvalue weighted by molar-refractivity contribution is 6.04. The number of fused-ring (bicyclic) bond motifs is 1. The van der Waals surface area contributed by atoms with Gasteiger partial charge in [-0.05, 0) is 63.4 Å². The van der Waals surface area contributed by atoms with Crippen molar-refractivity contribution in [1.29, 1.82) is 0 Å². The number of amides is 1. The first kappa shape index (κ1) is 21.0. The number of hydrogen-bond donors (Lipinski definition) is 1. The van der Waals surface area contributed by atoms with Crippen LogP contribution >= 0.6 is 0 Å². The van der Waals surface area contributed by atoms with Crippen molar-refractivity contribution in [2.24, 2.45) is 0 Å². The van der Waals surface area contributed by atoms with E-state index in [1.54, 1.807) is 30.3 Å². The van der Waals surface area contributed by atoms with Crippen LogP contribution in [-0.2, 0) is 0 Å². The topological polar surface area (TPSA) is 67.2 Å². The van der Waals surface area contributed by atoms with Gasteiger partial charge in [-0.2, -0.15) is 5.10 Å². The van der Waals surface area contributed by atoms with E-state index in [-0.39, 0.29) is 35.1 Å². The average molecular weight is 423 g/mol. The van der Waals surface area contributed by atoms with E-state index in [4.69, 9.17) is 0 Å². The molecular weight excluding hydrogens is 395 g/mol. The summed E-state index contributed by atoms with van der Waals surface area (Å²) in [5, 5.41) is 8.56. The van der Waals surface area contributed by atoms with Gasteiger partial charge in [-0.15, -0.1) is 0 Å². The fraction of sp³-hybridized carbons (Fsp3) is 0.375. The molecule has 0 saturated carbocycles. The number of aryl methyl sites for hydroxylation is 1. The van der Waals surface area contributed by atoms with Crippen molar-refractivity contribution >= 4 is 22.4 Å². The summed E-state index contributed by atoms with van der Waals surface area (Å²) in [6.45, 7) is 7.13. The highest BCUT2D eigenvalue weighted by atomic mass is 19.1. The van der Waals surface area contributed by atoms with E-state index in [0.29, 0.717) is 17.3 Å². The molecule has 1 atom stereocenters. The molecule has 31 heavy (non-hydrogen) atoms. The molecule has 0 aliphatic carbocycles. The molecule has 2 heterocycles.